The quantitative estimate of drug-likeness (QED) is 0.813. The molecule has 0 atom stereocenters. The van der Waals surface area contributed by atoms with E-state index in [1.807, 2.05) is 30.3 Å². The van der Waals surface area contributed by atoms with Crippen molar-refractivity contribution >= 4 is 15.7 Å². The van der Waals surface area contributed by atoms with Gasteiger partial charge in [0, 0.05) is 5.41 Å². The van der Waals surface area contributed by atoms with Gasteiger partial charge in [-0.2, -0.15) is 0 Å². The Hall–Kier alpha value is -1.81. The van der Waals surface area contributed by atoms with Crippen LogP contribution < -0.4 is 4.72 Å². The van der Waals surface area contributed by atoms with E-state index in [1.165, 1.54) is 0 Å². The predicted molar refractivity (Wildman–Crippen MR) is 88.9 cm³/mol. The molecule has 0 radical (unpaired) electrons. The Kier molecular flexibility index (Phi) is 4.68. The van der Waals surface area contributed by atoms with E-state index in [0.717, 1.165) is 18.4 Å². The molecule has 21 heavy (non-hydrogen) atoms. The summed E-state index contributed by atoms with van der Waals surface area (Å²) in [5.41, 5.74) is 1.26. The van der Waals surface area contributed by atoms with Crippen LogP contribution >= 0.6 is 0 Å². The molecule has 0 saturated carbocycles. The molecule has 1 aromatic carbocycles. The van der Waals surface area contributed by atoms with Crippen LogP contribution in [0.1, 0.15) is 25.3 Å². The molecular weight excluding hydrogens is 282 g/mol. The first-order chi connectivity index (χ1) is 10.0. The van der Waals surface area contributed by atoms with Crippen LogP contribution in [0.25, 0.3) is 0 Å². The molecular formula is C17H21NO2S. The maximum Gasteiger partial charge on any atom is 0.232 e. The number of hydrogen-bond donors (Lipinski definition) is 1. The fraction of sp³-hybridized carbons (Fsp3) is 0.294. The number of hydrogen-bond acceptors (Lipinski definition) is 2. The Bertz CT molecular complexity index is 660. The summed E-state index contributed by atoms with van der Waals surface area (Å²) in [5, 5.41) is 0. The van der Waals surface area contributed by atoms with Gasteiger partial charge in [0.25, 0.3) is 0 Å². The first-order valence-electron chi connectivity index (χ1n) is 7.09. The van der Waals surface area contributed by atoms with Gasteiger partial charge in [-0.3, -0.25) is 4.72 Å². The van der Waals surface area contributed by atoms with Gasteiger partial charge in [0.15, 0.2) is 0 Å². The van der Waals surface area contributed by atoms with Gasteiger partial charge in [0.1, 0.15) is 0 Å². The van der Waals surface area contributed by atoms with Crippen LogP contribution in [0.5, 0.6) is 0 Å². The molecule has 3 nitrogen and oxygen atoms in total. The van der Waals surface area contributed by atoms with Crippen LogP contribution in [-0.4, -0.2) is 14.2 Å². The molecule has 0 unspecified atom stereocenters. The lowest BCUT2D eigenvalue weighted by atomic mass is 9.74. The summed E-state index contributed by atoms with van der Waals surface area (Å²) in [6.07, 6.45) is 12.0. The monoisotopic (exact) mass is 303 g/mol. The Morgan fingerprint density at radius 3 is 2.57 bits per heavy atom. The lowest BCUT2D eigenvalue weighted by Crippen LogP contribution is -2.25. The summed E-state index contributed by atoms with van der Waals surface area (Å²) in [4.78, 5) is 0. The maximum atomic E-state index is 11.9. The third-order valence-corrected chi connectivity index (χ3v) is 4.95. The second kappa shape index (κ2) is 6.31. The lowest BCUT2D eigenvalue weighted by Gasteiger charge is -2.31. The zero-order valence-electron chi connectivity index (χ0n) is 12.2. The van der Waals surface area contributed by atoms with Gasteiger partial charge in [0.2, 0.25) is 10.0 Å². The van der Waals surface area contributed by atoms with Crippen molar-refractivity contribution in [3.05, 3.63) is 66.8 Å². The minimum Gasteiger partial charge on any atom is -0.283 e. The third-order valence-electron chi connectivity index (χ3n) is 3.66. The van der Waals surface area contributed by atoms with E-state index in [-0.39, 0.29) is 11.2 Å². The highest BCUT2D eigenvalue weighted by molar-refractivity contribution is 7.92. The molecule has 112 valence electrons. The topological polar surface area (TPSA) is 46.2 Å². The van der Waals surface area contributed by atoms with Gasteiger partial charge in [-0.25, -0.2) is 8.42 Å². The zero-order chi connectivity index (χ0) is 15.3. The van der Waals surface area contributed by atoms with Crippen LogP contribution in [0.15, 0.2) is 61.2 Å². The van der Waals surface area contributed by atoms with Gasteiger partial charge in [0.05, 0.1) is 11.4 Å². The number of anilines is 1. The smallest absolute Gasteiger partial charge is 0.232 e. The van der Waals surface area contributed by atoms with Crippen molar-refractivity contribution in [3.63, 3.8) is 0 Å². The summed E-state index contributed by atoms with van der Waals surface area (Å²) in [6, 6.07) is 7.55. The summed E-state index contributed by atoms with van der Waals surface area (Å²) in [5.74, 6) is 0.0570. The van der Waals surface area contributed by atoms with Crippen LogP contribution in [0.4, 0.5) is 5.69 Å². The predicted octanol–water partition coefficient (Wildman–Crippen LogP) is 3.78. The molecule has 4 heteroatoms. The Labute approximate surface area is 127 Å². The highest BCUT2D eigenvalue weighted by atomic mass is 32.2. The van der Waals surface area contributed by atoms with E-state index in [0.29, 0.717) is 5.69 Å². The van der Waals surface area contributed by atoms with E-state index < -0.39 is 10.0 Å². The molecule has 0 amide bonds. The average molecular weight is 303 g/mol. The van der Waals surface area contributed by atoms with E-state index >= 15 is 0 Å². The van der Waals surface area contributed by atoms with Crippen molar-refractivity contribution in [2.45, 2.75) is 25.2 Å². The zero-order valence-corrected chi connectivity index (χ0v) is 13.1. The number of benzene rings is 1. The first-order valence-corrected chi connectivity index (χ1v) is 8.74. The number of rotatable bonds is 6. The average Bonchev–Trinajstić information content (AvgIpc) is 2.49. The van der Waals surface area contributed by atoms with Crippen LogP contribution in [-0.2, 0) is 15.4 Å². The number of nitrogens with one attached hydrogen (secondary N) is 1. The fourth-order valence-electron chi connectivity index (χ4n) is 2.57. The van der Waals surface area contributed by atoms with Crippen molar-refractivity contribution in [2.24, 2.45) is 0 Å². The van der Waals surface area contributed by atoms with Crippen molar-refractivity contribution in [1.82, 2.24) is 0 Å². The highest BCUT2D eigenvalue weighted by Crippen LogP contribution is 2.38. The normalized spacial score (nSPS) is 16.6. The molecule has 0 aliphatic heterocycles. The summed E-state index contributed by atoms with van der Waals surface area (Å²) >= 11 is 0. The fourth-order valence-corrected chi connectivity index (χ4v) is 3.23. The first kappa shape index (κ1) is 15.6. The molecule has 0 saturated heterocycles. The van der Waals surface area contributed by atoms with Crippen molar-refractivity contribution < 1.29 is 8.42 Å². The second-order valence-corrected chi connectivity index (χ2v) is 7.14. The molecule has 2 rings (SSSR count). The molecule has 1 aliphatic carbocycles. The Balaban J connectivity index is 2.52. The third kappa shape index (κ3) is 3.45. The standard InChI is InChI=1S/C17H21NO2S/c1-3-12-17(13-8-5-9-14-17)15-10-6-7-11-16(15)18-21(19,20)4-2/h3,6-11,13-14,18H,1,4-5,12H2,2H3. The molecule has 1 aromatic rings. The maximum absolute atomic E-state index is 11.9. The molecule has 1 aliphatic rings. The SMILES string of the molecule is C=CCC1(c2ccccc2NS(=O)(=O)CC)C=CCC=C1. The van der Waals surface area contributed by atoms with Gasteiger partial charge < -0.3 is 0 Å². The van der Waals surface area contributed by atoms with Gasteiger partial charge in [-0.15, -0.1) is 6.58 Å². The van der Waals surface area contributed by atoms with Crippen molar-refractivity contribution in [2.75, 3.05) is 10.5 Å². The molecule has 0 bridgehead atoms. The number of sulfonamides is 1. The number of para-hydroxylation sites is 1. The highest BCUT2D eigenvalue weighted by Gasteiger charge is 2.29. The largest absolute Gasteiger partial charge is 0.283 e. The van der Waals surface area contributed by atoms with Gasteiger partial charge in [-0.1, -0.05) is 48.6 Å². The van der Waals surface area contributed by atoms with E-state index in [2.05, 4.69) is 35.6 Å². The minimum atomic E-state index is -3.30. The van der Waals surface area contributed by atoms with Gasteiger partial charge >= 0.3 is 0 Å². The van der Waals surface area contributed by atoms with Gasteiger partial charge in [-0.05, 0) is 31.4 Å². The molecule has 0 heterocycles. The molecule has 0 fully saturated rings. The van der Waals surface area contributed by atoms with Crippen LogP contribution in [0.3, 0.4) is 0 Å². The van der Waals surface area contributed by atoms with E-state index in [9.17, 15) is 8.42 Å². The summed E-state index contributed by atoms with van der Waals surface area (Å²) < 4.78 is 26.5. The minimum absolute atomic E-state index is 0.0570. The lowest BCUT2D eigenvalue weighted by molar-refractivity contribution is 0.602. The molecule has 0 aromatic heterocycles. The Morgan fingerprint density at radius 1 is 1.29 bits per heavy atom. The summed E-state index contributed by atoms with van der Waals surface area (Å²) in [6.45, 7) is 5.47. The van der Waals surface area contributed by atoms with Crippen LogP contribution in [0.2, 0.25) is 0 Å². The van der Waals surface area contributed by atoms with Crippen LogP contribution in [0, 0.1) is 0 Å². The number of allylic oxidation sites excluding steroid dienone is 5. The van der Waals surface area contributed by atoms with Crippen molar-refractivity contribution in [1.29, 1.82) is 0 Å². The second-order valence-electron chi connectivity index (χ2n) is 5.12. The molecule has 1 N–H and O–H groups in total. The molecule has 0 spiro atoms. The Morgan fingerprint density at radius 2 is 1.95 bits per heavy atom. The summed E-state index contributed by atoms with van der Waals surface area (Å²) in [7, 11) is -3.30. The van der Waals surface area contributed by atoms with E-state index in [1.54, 1.807) is 6.92 Å². The van der Waals surface area contributed by atoms with Crippen molar-refractivity contribution in [3.8, 4) is 0 Å². The van der Waals surface area contributed by atoms with E-state index in [4.69, 9.17) is 0 Å².